The minimum absolute atomic E-state index is 0.480. The summed E-state index contributed by atoms with van der Waals surface area (Å²) in [5.74, 6) is -0.830. The van der Waals surface area contributed by atoms with Crippen molar-refractivity contribution in [1.29, 1.82) is 0 Å². The van der Waals surface area contributed by atoms with Crippen molar-refractivity contribution in [3.8, 4) is 5.75 Å². The normalized spacial score (nSPS) is 19.8. The molecule has 2 atom stereocenters. The van der Waals surface area contributed by atoms with Crippen LogP contribution in [0.3, 0.4) is 0 Å². The number of amides is 1. The number of fused-ring (bicyclic) bond motifs is 1. The smallest absolute Gasteiger partial charge is 0.325 e. The van der Waals surface area contributed by atoms with Gasteiger partial charge in [-0.05, 0) is 31.0 Å². The fourth-order valence-corrected chi connectivity index (χ4v) is 3.33. The number of nitrogens with zero attached hydrogens (tertiary/aromatic N) is 1. The van der Waals surface area contributed by atoms with E-state index in [0.29, 0.717) is 24.3 Å². The van der Waals surface area contributed by atoms with Gasteiger partial charge in [0.25, 0.3) is 0 Å². The van der Waals surface area contributed by atoms with Gasteiger partial charge in [-0.15, -0.1) is 0 Å². The largest absolute Gasteiger partial charge is 0.497 e. The Labute approximate surface area is 133 Å². The zero-order chi connectivity index (χ0) is 16.6. The molecule has 1 fully saturated rings. The highest BCUT2D eigenvalue weighted by molar-refractivity contribution is 5.90. The van der Waals surface area contributed by atoms with Crippen LogP contribution in [0.25, 0.3) is 10.9 Å². The Morgan fingerprint density at radius 1 is 1.48 bits per heavy atom. The van der Waals surface area contributed by atoms with Crippen LogP contribution in [0.2, 0.25) is 0 Å². The number of aromatic nitrogens is 1. The minimum atomic E-state index is -0.998. The van der Waals surface area contributed by atoms with Gasteiger partial charge < -0.3 is 20.6 Å². The predicted octanol–water partition coefficient (Wildman–Crippen LogP) is 1.25. The van der Waals surface area contributed by atoms with Gasteiger partial charge >= 0.3 is 5.97 Å². The first kappa shape index (κ1) is 15.4. The number of carboxylic acid groups (broad SMARTS) is 1. The highest BCUT2D eigenvalue weighted by Crippen LogP contribution is 2.35. The summed E-state index contributed by atoms with van der Waals surface area (Å²) in [7, 11) is 1.56. The van der Waals surface area contributed by atoms with Gasteiger partial charge in [-0.2, -0.15) is 0 Å². The number of carbonyl (C=O) groups is 2. The molecule has 0 aliphatic carbocycles. The molecule has 1 aromatic carbocycles. The summed E-state index contributed by atoms with van der Waals surface area (Å²) >= 11 is 0. The monoisotopic (exact) mass is 317 g/mol. The molecule has 4 N–H and O–H groups in total. The van der Waals surface area contributed by atoms with Gasteiger partial charge in [0.1, 0.15) is 11.8 Å². The number of benzene rings is 1. The third kappa shape index (κ3) is 2.63. The van der Waals surface area contributed by atoms with E-state index in [-0.39, 0.29) is 0 Å². The number of primary amides is 1. The van der Waals surface area contributed by atoms with Gasteiger partial charge in [0.05, 0.1) is 13.2 Å². The topological polar surface area (TPSA) is 109 Å². The molecule has 0 saturated carbocycles. The first-order chi connectivity index (χ1) is 11.0. The lowest BCUT2D eigenvalue weighted by molar-refractivity contribution is -0.144. The highest BCUT2D eigenvalue weighted by atomic mass is 16.5. The molecule has 2 unspecified atom stereocenters. The van der Waals surface area contributed by atoms with Crippen molar-refractivity contribution >= 4 is 22.8 Å². The summed E-state index contributed by atoms with van der Waals surface area (Å²) in [6.45, 7) is 0.529. The van der Waals surface area contributed by atoms with E-state index >= 15 is 0 Å². The second kappa shape index (κ2) is 5.92. The Bertz CT molecular complexity index is 755. The molecule has 23 heavy (non-hydrogen) atoms. The van der Waals surface area contributed by atoms with Gasteiger partial charge in [0, 0.05) is 29.2 Å². The fraction of sp³-hybridized carbons (Fsp3) is 0.375. The zero-order valence-corrected chi connectivity index (χ0v) is 12.8. The van der Waals surface area contributed by atoms with Gasteiger partial charge in [0.15, 0.2) is 0 Å². The zero-order valence-electron chi connectivity index (χ0n) is 12.8. The Balaban J connectivity index is 2.08. The maximum Gasteiger partial charge on any atom is 0.325 e. The van der Waals surface area contributed by atoms with E-state index in [9.17, 15) is 14.7 Å². The Morgan fingerprint density at radius 3 is 2.91 bits per heavy atom. The quantitative estimate of drug-likeness (QED) is 0.769. The van der Waals surface area contributed by atoms with Crippen LogP contribution >= 0.6 is 0 Å². The first-order valence-electron chi connectivity index (χ1n) is 7.46. The van der Waals surface area contributed by atoms with E-state index in [1.165, 1.54) is 0 Å². The Hall–Kier alpha value is -2.54. The molecule has 1 amide bonds. The number of aliphatic carboxylic acids is 1. The molecule has 0 radical (unpaired) electrons. The molecule has 1 saturated heterocycles. The molecule has 122 valence electrons. The van der Waals surface area contributed by atoms with Crippen LogP contribution in [0, 0.1) is 0 Å². The average molecular weight is 317 g/mol. The van der Waals surface area contributed by atoms with Crippen LogP contribution in [-0.4, -0.2) is 46.6 Å². The second-order valence-corrected chi connectivity index (χ2v) is 5.69. The third-order valence-electron chi connectivity index (χ3n) is 4.40. The van der Waals surface area contributed by atoms with E-state index in [1.54, 1.807) is 30.3 Å². The molecule has 3 rings (SSSR count). The summed E-state index contributed by atoms with van der Waals surface area (Å²) in [5, 5.41) is 10.5. The maximum absolute atomic E-state index is 11.9. The SMILES string of the molecule is COc1ccc2[nH]cc(C(C(=O)O)N3CCCC3C(N)=O)c2c1. The number of hydrogen-bond donors (Lipinski definition) is 3. The molecule has 1 aliphatic rings. The van der Waals surface area contributed by atoms with Crippen molar-refractivity contribution < 1.29 is 19.4 Å². The van der Waals surface area contributed by atoms with Crippen LogP contribution in [0.5, 0.6) is 5.75 Å². The molecule has 1 aliphatic heterocycles. The fourth-order valence-electron chi connectivity index (χ4n) is 3.33. The predicted molar refractivity (Wildman–Crippen MR) is 84.1 cm³/mol. The van der Waals surface area contributed by atoms with Crippen molar-refractivity contribution in [3.05, 3.63) is 30.0 Å². The van der Waals surface area contributed by atoms with Crippen LogP contribution in [-0.2, 0) is 9.59 Å². The number of nitrogens with two attached hydrogens (primary N) is 1. The van der Waals surface area contributed by atoms with Crippen molar-refractivity contribution in [1.82, 2.24) is 9.88 Å². The number of likely N-dealkylation sites (tertiary alicyclic amines) is 1. The summed E-state index contributed by atoms with van der Waals surface area (Å²) in [6, 6.07) is 3.97. The van der Waals surface area contributed by atoms with Crippen molar-refractivity contribution in [3.63, 3.8) is 0 Å². The molecule has 0 spiro atoms. The van der Waals surface area contributed by atoms with E-state index in [0.717, 1.165) is 17.3 Å². The van der Waals surface area contributed by atoms with Crippen LogP contribution in [0.1, 0.15) is 24.4 Å². The molecule has 2 aromatic rings. The summed E-state index contributed by atoms with van der Waals surface area (Å²) in [6.07, 6.45) is 3.02. The van der Waals surface area contributed by atoms with E-state index in [2.05, 4.69) is 4.98 Å². The lowest BCUT2D eigenvalue weighted by Crippen LogP contribution is -2.44. The summed E-state index contributed by atoms with van der Waals surface area (Å²) in [5.41, 5.74) is 6.87. The summed E-state index contributed by atoms with van der Waals surface area (Å²) in [4.78, 5) is 28.3. The number of carbonyl (C=O) groups excluding carboxylic acids is 1. The molecule has 0 bridgehead atoms. The lowest BCUT2D eigenvalue weighted by Gasteiger charge is -2.28. The molecular formula is C16H19N3O4. The first-order valence-corrected chi connectivity index (χ1v) is 7.46. The Morgan fingerprint density at radius 2 is 2.26 bits per heavy atom. The number of nitrogens with one attached hydrogen (secondary N) is 1. The number of aromatic amines is 1. The summed E-state index contributed by atoms with van der Waals surface area (Å²) < 4.78 is 5.22. The van der Waals surface area contributed by atoms with Crippen LogP contribution < -0.4 is 10.5 Å². The second-order valence-electron chi connectivity index (χ2n) is 5.69. The standard InChI is InChI=1S/C16H19N3O4/c1-23-9-4-5-12-10(7-9)11(8-18-12)14(16(21)22)19-6-2-3-13(19)15(17)20/h4-5,7-8,13-14,18H,2-3,6H2,1H3,(H2,17,20)(H,21,22). The third-order valence-corrected chi connectivity index (χ3v) is 4.40. The molecule has 7 nitrogen and oxygen atoms in total. The number of hydrogen-bond acceptors (Lipinski definition) is 4. The van der Waals surface area contributed by atoms with E-state index in [1.807, 2.05) is 6.07 Å². The average Bonchev–Trinajstić information content (AvgIpc) is 3.14. The number of rotatable bonds is 5. The molecule has 1 aromatic heterocycles. The Kier molecular flexibility index (Phi) is 3.96. The highest BCUT2D eigenvalue weighted by Gasteiger charge is 2.39. The minimum Gasteiger partial charge on any atom is -0.497 e. The molecular weight excluding hydrogens is 298 g/mol. The molecule has 7 heteroatoms. The lowest BCUT2D eigenvalue weighted by atomic mass is 10.0. The van der Waals surface area contributed by atoms with Gasteiger partial charge in [-0.25, -0.2) is 0 Å². The van der Waals surface area contributed by atoms with Gasteiger partial charge in [0.2, 0.25) is 5.91 Å². The van der Waals surface area contributed by atoms with Crippen LogP contribution in [0.4, 0.5) is 0 Å². The molecule has 2 heterocycles. The number of ether oxygens (including phenoxy) is 1. The number of H-pyrrole nitrogens is 1. The van der Waals surface area contributed by atoms with Crippen molar-refractivity contribution in [2.75, 3.05) is 13.7 Å². The number of carboxylic acids is 1. The van der Waals surface area contributed by atoms with Crippen molar-refractivity contribution in [2.24, 2.45) is 5.73 Å². The van der Waals surface area contributed by atoms with Gasteiger partial charge in [-0.1, -0.05) is 0 Å². The van der Waals surface area contributed by atoms with Crippen LogP contribution in [0.15, 0.2) is 24.4 Å². The van der Waals surface area contributed by atoms with E-state index in [4.69, 9.17) is 10.5 Å². The maximum atomic E-state index is 11.9. The van der Waals surface area contributed by atoms with Crippen molar-refractivity contribution in [2.45, 2.75) is 24.9 Å². The van der Waals surface area contributed by atoms with E-state index < -0.39 is 24.0 Å². The number of methoxy groups -OCH3 is 1. The van der Waals surface area contributed by atoms with Gasteiger partial charge in [-0.3, -0.25) is 14.5 Å².